The van der Waals surface area contributed by atoms with Gasteiger partial charge in [0.25, 0.3) is 0 Å². The monoisotopic (exact) mass is 327 g/mol. The van der Waals surface area contributed by atoms with Gasteiger partial charge in [0.15, 0.2) is 0 Å². The number of nitriles is 1. The maximum Gasteiger partial charge on any atom is 0.205 e. The van der Waals surface area contributed by atoms with Gasteiger partial charge in [-0.25, -0.2) is 4.98 Å². The molecular formula is C15H10BrN3O. The Balaban J connectivity index is 2.18. The number of nitrogens with zero attached hydrogens (tertiary/aromatic N) is 2. The van der Waals surface area contributed by atoms with E-state index >= 15 is 0 Å². The van der Waals surface area contributed by atoms with E-state index in [0.29, 0.717) is 11.4 Å². The molecule has 20 heavy (non-hydrogen) atoms. The zero-order valence-corrected chi connectivity index (χ0v) is 12.0. The molecule has 0 saturated heterocycles. The first-order chi connectivity index (χ1) is 9.70. The van der Waals surface area contributed by atoms with Crippen molar-refractivity contribution in [1.82, 2.24) is 4.98 Å². The van der Waals surface area contributed by atoms with Crippen LogP contribution in [0.1, 0.15) is 10.4 Å². The summed E-state index contributed by atoms with van der Waals surface area (Å²) in [5, 5.41) is 11.9. The van der Waals surface area contributed by atoms with E-state index in [1.165, 1.54) is 6.20 Å². The van der Waals surface area contributed by atoms with E-state index in [2.05, 4.69) is 26.2 Å². The number of ketones is 1. The third kappa shape index (κ3) is 3.53. The Morgan fingerprint density at radius 2 is 2.00 bits per heavy atom. The van der Waals surface area contributed by atoms with Crippen molar-refractivity contribution in [2.24, 2.45) is 0 Å². The maximum absolute atomic E-state index is 12.1. The molecule has 0 atom stereocenters. The molecule has 1 aromatic heterocycles. The summed E-state index contributed by atoms with van der Waals surface area (Å²) < 4.78 is 0.878. The molecule has 0 saturated carbocycles. The van der Waals surface area contributed by atoms with Crippen LogP contribution in [0.3, 0.4) is 0 Å². The molecule has 0 aliphatic heterocycles. The molecule has 4 nitrogen and oxygen atoms in total. The van der Waals surface area contributed by atoms with Crippen molar-refractivity contribution in [3.8, 4) is 6.07 Å². The Hall–Kier alpha value is -2.45. The molecule has 0 amide bonds. The van der Waals surface area contributed by atoms with Crippen LogP contribution < -0.4 is 5.32 Å². The van der Waals surface area contributed by atoms with Gasteiger partial charge in [-0.05, 0) is 36.4 Å². The van der Waals surface area contributed by atoms with Gasteiger partial charge >= 0.3 is 0 Å². The number of nitrogens with one attached hydrogen (secondary N) is 1. The van der Waals surface area contributed by atoms with Crippen molar-refractivity contribution in [2.45, 2.75) is 0 Å². The predicted molar refractivity (Wildman–Crippen MR) is 80.0 cm³/mol. The summed E-state index contributed by atoms with van der Waals surface area (Å²) in [7, 11) is 0. The van der Waals surface area contributed by atoms with Crippen molar-refractivity contribution in [1.29, 1.82) is 5.26 Å². The maximum atomic E-state index is 12.1. The van der Waals surface area contributed by atoms with E-state index in [4.69, 9.17) is 5.26 Å². The number of allylic oxidation sites excluding steroid dienone is 1. The average molecular weight is 328 g/mol. The minimum Gasteiger partial charge on any atom is -0.345 e. The fourth-order valence-corrected chi connectivity index (χ4v) is 1.76. The second-order valence-electron chi connectivity index (χ2n) is 3.87. The van der Waals surface area contributed by atoms with Crippen molar-refractivity contribution >= 4 is 27.5 Å². The molecule has 0 bridgehead atoms. The number of halogens is 1. The van der Waals surface area contributed by atoms with Gasteiger partial charge in [-0.2, -0.15) is 5.26 Å². The summed E-state index contributed by atoms with van der Waals surface area (Å²) in [4.78, 5) is 16.2. The lowest BCUT2D eigenvalue weighted by atomic mass is 10.1. The van der Waals surface area contributed by atoms with Gasteiger partial charge < -0.3 is 5.32 Å². The molecule has 2 aromatic rings. The van der Waals surface area contributed by atoms with Crippen LogP contribution in [0, 0.1) is 11.3 Å². The van der Waals surface area contributed by atoms with E-state index in [1.807, 2.05) is 12.1 Å². The summed E-state index contributed by atoms with van der Waals surface area (Å²) in [5.41, 5.74) is 0.488. The number of aromatic nitrogens is 1. The third-order valence-corrected chi connectivity index (χ3v) is 3.03. The smallest absolute Gasteiger partial charge is 0.205 e. The molecule has 1 aromatic carbocycles. The number of hydrogen-bond acceptors (Lipinski definition) is 4. The van der Waals surface area contributed by atoms with Crippen LogP contribution in [-0.4, -0.2) is 10.8 Å². The third-order valence-electron chi connectivity index (χ3n) is 2.50. The number of Topliss-reactive ketones (excluding diaryl/α,β-unsaturated/α-hetero) is 1. The highest BCUT2D eigenvalue weighted by Gasteiger charge is 2.11. The highest BCUT2D eigenvalue weighted by molar-refractivity contribution is 9.10. The van der Waals surface area contributed by atoms with Gasteiger partial charge in [0, 0.05) is 22.4 Å². The van der Waals surface area contributed by atoms with E-state index in [9.17, 15) is 4.79 Å². The molecule has 0 aliphatic carbocycles. The normalized spacial score (nSPS) is 10.7. The molecule has 1 N–H and O–H groups in total. The fraction of sp³-hybridized carbons (Fsp3) is 0. The largest absolute Gasteiger partial charge is 0.345 e. The SMILES string of the molecule is N#C/C(=C\Nc1ccccn1)C(=O)c1ccc(Br)cc1. The summed E-state index contributed by atoms with van der Waals surface area (Å²) >= 11 is 3.30. The highest BCUT2D eigenvalue weighted by atomic mass is 79.9. The highest BCUT2D eigenvalue weighted by Crippen LogP contribution is 2.14. The molecule has 0 fully saturated rings. The van der Waals surface area contributed by atoms with Crippen LogP contribution in [0.2, 0.25) is 0 Å². The Labute approximate surface area is 124 Å². The van der Waals surface area contributed by atoms with Gasteiger partial charge in [0.2, 0.25) is 5.78 Å². The van der Waals surface area contributed by atoms with Gasteiger partial charge in [0.05, 0.1) is 0 Å². The molecule has 98 valence electrons. The summed E-state index contributed by atoms with van der Waals surface area (Å²) in [6.45, 7) is 0. The minimum absolute atomic E-state index is 0.0259. The number of carbonyl (C=O) groups is 1. The van der Waals surface area contributed by atoms with E-state index in [0.717, 1.165) is 4.47 Å². The number of carbonyl (C=O) groups excluding carboxylic acids is 1. The summed E-state index contributed by atoms with van der Waals surface area (Å²) in [5.74, 6) is 0.243. The van der Waals surface area contributed by atoms with Crippen molar-refractivity contribution in [3.63, 3.8) is 0 Å². The van der Waals surface area contributed by atoms with E-state index < -0.39 is 0 Å². The van der Waals surface area contributed by atoms with Gasteiger partial charge in [0.1, 0.15) is 17.5 Å². The second kappa shape index (κ2) is 6.64. The number of anilines is 1. The predicted octanol–water partition coefficient (Wildman–Crippen LogP) is 3.55. The molecule has 0 aliphatic rings. The summed E-state index contributed by atoms with van der Waals surface area (Å²) in [6, 6.07) is 14.1. The lowest BCUT2D eigenvalue weighted by Crippen LogP contribution is -2.04. The molecular weight excluding hydrogens is 318 g/mol. The Morgan fingerprint density at radius 3 is 2.60 bits per heavy atom. The molecule has 0 spiro atoms. The zero-order valence-electron chi connectivity index (χ0n) is 10.4. The lowest BCUT2D eigenvalue weighted by molar-refractivity contribution is 0.103. The number of benzene rings is 1. The quantitative estimate of drug-likeness (QED) is 0.530. The first kappa shape index (κ1) is 14.0. The van der Waals surface area contributed by atoms with E-state index in [-0.39, 0.29) is 11.4 Å². The number of hydrogen-bond donors (Lipinski definition) is 1. The van der Waals surface area contributed by atoms with Crippen molar-refractivity contribution in [3.05, 3.63) is 70.5 Å². The van der Waals surface area contributed by atoms with Crippen LogP contribution in [0.5, 0.6) is 0 Å². The van der Waals surface area contributed by atoms with Gasteiger partial charge in [-0.15, -0.1) is 0 Å². The average Bonchev–Trinajstić information content (AvgIpc) is 2.49. The molecule has 2 rings (SSSR count). The van der Waals surface area contributed by atoms with Crippen LogP contribution >= 0.6 is 15.9 Å². The standard InChI is InChI=1S/C15H10BrN3O/c16-13-6-4-11(5-7-13)15(20)12(9-17)10-19-14-3-1-2-8-18-14/h1-8,10H,(H,18,19)/b12-10+. The van der Waals surface area contributed by atoms with E-state index in [1.54, 1.807) is 42.6 Å². The first-order valence-electron chi connectivity index (χ1n) is 5.79. The van der Waals surface area contributed by atoms with Gasteiger partial charge in [-0.1, -0.05) is 22.0 Å². The molecule has 0 radical (unpaired) electrons. The minimum atomic E-state index is -0.330. The first-order valence-corrected chi connectivity index (χ1v) is 6.58. The lowest BCUT2D eigenvalue weighted by Gasteiger charge is -2.02. The molecule has 0 unspecified atom stereocenters. The number of pyridine rings is 1. The Kier molecular flexibility index (Phi) is 4.64. The van der Waals surface area contributed by atoms with Crippen LogP contribution in [0.25, 0.3) is 0 Å². The fourth-order valence-electron chi connectivity index (χ4n) is 1.50. The van der Waals surface area contributed by atoms with Gasteiger partial charge in [-0.3, -0.25) is 4.79 Å². The number of rotatable bonds is 4. The Bertz CT molecular complexity index is 673. The van der Waals surface area contributed by atoms with Crippen molar-refractivity contribution in [2.75, 3.05) is 5.32 Å². The zero-order chi connectivity index (χ0) is 14.4. The van der Waals surface area contributed by atoms with Crippen molar-refractivity contribution < 1.29 is 4.79 Å². The topological polar surface area (TPSA) is 65.8 Å². The second-order valence-corrected chi connectivity index (χ2v) is 4.78. The Morgan fingerprint density at radius 1 is 1.25 bits per heavy atom. The summed E-state index contributed by atoms with van der Waals surface area (Å²) in [6.07, 6.45) is 2.99. The molecule has 5 heteroatoms. The van der Waals surface area contributed by atoms with Crippen LogP contribution in [-0.2, 0) is 0 Å². The molecule has 1 heterocycles. The van der Waals surface area contributed by atoms with Crippen LogP contribution in [0.4, 0.5) is 5.82 Å². The van der Waals surface area contributed by atoms with Crippen LogP contribution in [0.15, 0.2) is 64.9 Å².